The van der Waals surface area contributed by atoms with Crippen LogP contribution in [0.3, 0.4) is 0 Å². The third-order valence-corrected chi connectivity index (χ3v) is 5.26. The number of hydrogen-bond acceptors (Lipinski definition) is 4. The standard InChI is InChI=1S/C17H27N3O2/c1-7-18-20(8-1)9-2-11-21-16-6-5-15-17(16)22-12-10-19(15)13-14-3-4-14/h1,7-8,14-17H,2-6,9-13H2/t15-,16+,17+/m0/s1. The Bertz CT molecular complexity index is 460. The van der Waals surface area contributed by atoms with Crippen molar-refractivity contribution in [1.29, 1.82) is 0 Å². The summed E-state index contributed by atoms with van der Waals surface area (Å²) in [5.41, 5.74) is 0. The van der Waals surface area contributed by atoms with Gasteiger partial charge < -0.3 is 9.47 Å². The van der Waals surface area contributed by atoms with Gasteiger partial charge in [-0.2, -0.15) is 5.10 Å². The lowest BCUT2D eigenvalue weighted by Crippen LogP contribution is -2.52. The second-order valence-electron chi connectivity index (χ2n) is 6.95. The molecule has 4 rings (SSSR count). The van der Waals surface area contributed by atoms with Crippen molar-refractivity contribution in [2.45, 2.75) is 56.9 Å². The van der Waals surface area contributed by atoms with Crippen LogP contribution in [0.4, 0.5) is 0 Å². The van der Waals surface area contributed by atoms with Gasteiger partial charge in [0.05, 0.1) is 18.8 Å². The highest BCUT2D eigenvalue weighted by Gasteiger charge is 2.44. The molecule has 1 aromatic rings. The van der Waals surface area contributed by atoms with Crippen LogP contribution in [0.15, 0.2) is 18.5 Å². The largest absolute Gasteiger partial charge is 0.375 e. The van der Waals surface area contributed by atoms with Crippen LogP contribution < -0.4 is 0 Å². The number of aromatic nitrogens is 2. The molecule has 3 aliphatic rings. The maximum absolute atomic E-state index is 6.15. The molecule has 3 fully saturated rings. The van der Waals surface area contributed by atoms with E-state index in [2.05, 4.69) is 10.00 Å². The second kappa shape index (κ2) is 6.69. The number of morpholine rings is 1. The molecule has 2 aliphatic carbocycles. The van der Waals surface area contributed by atoms with E-state index >= 15 is 0 Å². The highest BCUT2D eigenvalue weighted by atomic mass is 16.5. The average molecular weight is 305 g/mol. The van der Waals surface area contributed by atoms with E-state index in [1.807, 2.05) is 23.1 Å². The van der Waals surface area contributed by atoms with Gasteiger partial charge in [0.15, 0.2) is 0 Å². The molecule has 0 amide bonds. The van der Waals surface area contributed by atoms with E-state index in [4.69, 9.17) is 9.47 Å². The third kappa shape index (κ3) is 3.36. The van der Waals surface area contributed by atoms with E-state index in [9.17, 15) is 0 Å². The zero-order valence-electron chi connectivity index (χ0n) is 13.3. The first-order valence-electron chi connectivity index (χ1n) is 8.85. The zero-order valence-corrected chi connectivity index (χ0v) is 13.3. The Hall–Kier alpha value is -0.910. The Balaban J connectivity index is 1.23. The van der Waals surface area contributed by atoms with E-state index in [0.29, 0.717) is 18.2 Å². The number of fused-ring (bicyclic) bond motifs is 1. The quantitative estimate of drug-likeness (QED) is 0.722. The lowest BCUT2D eigenvalue weighted by atomic mass is 10.1. The molecule has 0 spiro atoms. The van der Waals surface area contributed by atoms with Gasteiger partial charge in [0.1, 0.15) is 0 Å². The number of ether oxygens (including phenoxy) is 2. The Morgan fingerprint density at radius 1 is 1.23 bits per heavy atom. The van der Waals surface area contributed by atoms with Gasteiger partial charge in [0.25, 0.3) is 0 Å². The summed E-state index contributed by atoms with van der Waals surface area (Å²) in [6, 6.07) is 2.57. The normalized spacial score (nSPS) is 32.3. The molecular formula is C17H27N3O2. The monoisotopic (exact) mass is 305 g/mol. The molecule has 22 heavy (non-hydrogen) atoms. The highest BCUT2D eigenvalue weighted by Crippen LogP contribution is 2.36. The van der Waals surface area contributed by atoms with Gasteiger partial charge in [0, 0.05) is 44.7 Å². The first-order chi connectivity index (χ1) is 10.9. The van der Waals surface area contributed by atoms with Gasteiger partial charge in [-0.15, -0.1) is 0 Å². The van der Waals surface area contributed by atoms with Gasteiger partial charge in [-0.05, 0) is 44.1 Å². The van der Waals surface area contributed by atoms with Crippen LogP contribution in [0.5, 0.6) is 0 Å². The smallest absolute Gasteiger partial charge is 0.0991 e. The molecule has 122 valence electrons. The molecule has 5 nitrogen and oxygen atoms in total. The minimum absolute atomic E-state index is 0.296. The summed E-state index contributed by atoms with van der Waals surface area (Å²) in [6.45, 7) is 5.02. The van der Waals surface area contributed by atoms with Crippen molar-refractivity contribution >= 4 is 0 Å². The summed E-state index contributed by atoms with van der Waals surface area (Å²) in [4.78, 5) is 2.68. The topological polar surface area (TPSA) is 39.5 Å². The Kier molecular flexibility index (Phi) is 4.46. The van der Waals surface area contributed by atoms with Crippen LogP contribution in [0.25, 0.3) is 0 Å². The molecule has 1 aromatic heterocycles. The van der Waals surface area contributed by atoms with Crippen molar-refractivity contribution in [3.63, 3.8) is 0 Å². The molecule has 0 bridgehead atoms. The van der Waals surface area contributed by atoms with Crippen molar-refractivity contribution in [2.75, 3.05) is 26.3 Å². The first-order valence-corrected chi connectivity index (χ1v) is 8.85. The van der Waals surface area contributed by atoms with Crippen LogP contribution in [0, 0.1) is 5.92 Å². The predicted molar refractivity (Wildman–Crippen MR) is 83.6 cm³/mol. The second-order valence-corrected chi connectivity index (χ2v) is 6.95. The highest BCUT2D eigenvalue weighted by molar-refractivity contribution is 4.97. The lowest BCUT2D eigenvalue weighted by molar-refractivity contribution is -0.114. The van der Waals surface area contributed by atoms with Crippen molar-refractivity contribution in [1.82, 2.24) is 14.7 Å². The molecule has 0 N–H and O–H groups in total. The molecule has 0 radical (unpaired) electrons. The number of aryl methyl sites for hydroxylation is 1. The van der Waals surface area contributed by atoms with Crippen molar-refractivity contribution < 1.29 is 9.47 Å². The molecule has 0 aromatic carbocycles. The minimum atomic E-state index is 0.296. The van der Waals surface area contributed by atoms with Crippen molar-refractivity contribution in [2.24, 2.45) is 5.92 Å². The molecule has 5 heteroatoms. The molecule has 2 saturated carbocycles. The van der Waals surface area contributed by atoms with Crippen LogP contribution in [-0.4, -0.2) is 59.2 Å². The Morgan fingerprint density at radius 3 is 3.00 bits per heavy atom. The first kappa shape index (κ1) is 14.7. The predicted octanol–water partition coefficient (Wildman–Crippen LogP) is 1.93. The molecule has 1 aliphatic heterocycles. The number of nitrogens with zero attached hydrogens (tertiary/aromatic N) is 3. The summed E-state index contributed by atoms with van der Waals surface area (Å²) in [5.74, 6) is 0.966. The zero-order chi connectivity index (χ0) is 14.8. The van der Waals surface area contributed by atoms with E-state index in [-0.39, 0.29) is 0 Å². The SMILES string of the molecule is c1cnn(CCCO[C@@H]2CC[C@H]3[C@H]2OCCN3CC2CC2)c1. The lowest BCUT2D eigenvalue weighted by Gasteiger charge is -2.39. The van der Waals surface area contributed by atoms with Gasteiger partial charge in [-0.1, -0.05) is 0 Å². The Labute approximate surface area is 132 Å². The summed E-state index contributed by atoms with van der Waals surface area (Å²) >= 11 is 0. The number of hydrogen-bond donors (Lipinski definition) is 0. The van der Waals surface area contributed by atoms with E-state index in [0.717, 1.165) is 45.1 Å². The molecule has 3 atom stereocenters. The van der Waals surface area contributed by atoms with Crippen LogP contribution in [-0.2, 0) is 16.0 Å². The molecule has 1 saturated heterocycles. The minimum Gasteiger partial charge on any atom is -0.375 e. The third-order valence-electron chi connectivity index (χ3n) is 5.26. The average Bonchev–Trinajstić information content (AvgIpc) is 3.03. The molecule has 2 heterocycles. The van der Waals surface area contributed by atoms with E-state index in [1.54, 1.807) is 0 Å². The van der Waals surface area contributed by atoms with E-state index in [1.165, 1.54) is 25.8 Å². The van der Waals surface area contributed by atoms with Crippen LogP contribution in [0.1, 0.15) is 32.1 Å². The van der Waals surface area contributed by atoms with Crippen molar-refractivity contribution in [3.05, 3.63) is 18.5 Å². The van der Waals surface area contributed by atoms with Gasteiger partial charge >= 0.3 is 0 Å². The summed E-state index contributed by atoms with van der Waals surface area (Å²) in [6.07, 6.45) is 10.7. The maximum atomic E-state index is 6.15. The summed E-state index contributed by atoms with van der Waals surface area (Å²) in [7, 11) is 0. The van der Waals surface area contributed by atoms with Gasteiger partial charge in [0.2, 0.25) is 0 Å². The van der Waals surface area contributed by atoms with Gasteiger partial charge in [-0.25, -0.2) is 0 Å². The number of rotatable bonds is 7. The summed E-state index contributed by atoms with van der Waals surface area (Å²) < 4.78 is 14.2. The fourth-order valence-electron chi connectivity index (χ4n) is 3.92. The molecule has 0 unspecified atom stereocenters. The molecular weight excluding hydrogens is 278 g/mol. The van der Waals surface area contributed by atoms with Crippen LogP contribution >= 0.6 is 0 Å². The summed E-state index contributed by atoms with van der Waals surface area (Å²) in [5, 5.41) is 4.22. The Morgan fingerprint density at radius 2 is 2.18 bits per heavy atom. The van der Waals surface area contributed by atoms with Crippen LogP contribution in [0.2, 0.25) is 0 Å². The van der Waals surface area contributed by atoms with E-state index < -0.39 is 0 Å². The fraction of sp³-hybridized carbons (Fsp3) is 0.824. The maximum Gasteiger partial charge on any atom is 0.0991 e. The fourth-order valence-corrected chi connectivity index (χ4v) is 3.92. The van der Waals surface area contributed by atoms with Crippen molar-refractivity contribution in [3.8, 4) is 0 Å². The van der Waals surface area contributed by atoms with Gasteiger partial charge in [-0.3, -0.25) is 9.58 Å².